The zero-order valence-electron chi connectivity index (χ0n) is 8.95. The topological polar surface area (TPSA) is 81.4 Å². The summed E-state index contributed by atoms with van der Waals surface area (Å²) in [4.78, 5) is 21.2. The van der Waals surface area contributed by atoms with Crippen LogP contribution in [0.4, 0.5) is 13.2 Å². The van der Waals surface area contributed by atoms with E-state index < -0.39 is 18.2 Å². The van der Waals surface area contributed by atoms with Gasteiger partial charge >= 0.3 is 18.2 Å². The molecule has 0 heterocycles. The smallest absolute Gasteiger partial charge is 0.406 e. The van der Waals surface area contributed by atoms with E-state index in [1.165, 1.54) is 12.1 Å². The molecule has 2 amide bonds. The van der Waals surface area contributed by atoms with Gasteiger partial charge in [0.25, 0.3) is 0 Å². The first-order valence-corrected chi connectivity index (χ1v) is 4.70. The van der Waals surface area contributed by atoms with Crippen LogP contribution in [0, 0.1) is 0 Å². The summed E-state index contributed by atoms with van der Waals surface area (Å²) in [6.07, 6.45) is -4.75. The number of nitrogens with one attached hydrogen (secondary N) is 1. The minimum Gasteiger partial charge on any atom is -0.406 e. The van der Waals surface area contributed by atoms with Crippen LogP contribution in [0.15, 0.2) is 24.3 Å². The summed E-state index contributed by atoms with van der Waals surface area (Å²) in [5, 5.41) is 2.19. The summed E-state index contributed by atoms with van der Waals surface area (Å²) in [5.74, 6) is -2.47. The number of primary amides is 1. The van der Waals surface area contributed by atoms with Crippen molar-refractivity contribution < 1.29 is 27.5 Å². The summed E-state index contributed by atoms with van der Waals surface area (Å²) in [6, 6.07) is 4.84. The molecule has 0 fully saturated rings. The minimum absolute atomic E-state index is 0.0198. The maximum Gasteiger partial charge on any atom is 0.573 e. The average Bonchev–Trinajstić information content (AvgIpc) is 2.25. The van der Waals surface area contributed by atoms with E-state index in [4.69, 9.17) is 5.73 Å². The van der Waals surface area contributed by atoms with Crippen LogP contribution >= 0.6 is 0 Å². The van der Waals surface area contributed by atoms with Gasteiger partial charge in [0, 0.05) is 6.54 Å². The number of hydrogen-bond acceptors (Lipinski definition) is 3. The molecule has 0 radical (unpaired) electrons. The predicted molar refractivity (Wildman–Crippen MR) is 54.2 cm³/mol. The van der Waals surface area contributed by atoms with Crippen molar-refractivity contribution in [1.29, 1.82) is 0 Å². The van der Waals surface area contributed by atoms with Crippen LogP contribution < -0.4 is 15.8 Å². The lowest BCUT2D eigenvalue weighted by Gasteiger charge is -2.09. The molecule has 3 N–H and O–H groups in total. The highest BCUT2D eigenvalue weighted by atomic mass is 19.4. The van der Waals surface area contributed by atoms with Crippen LogP contribution in [0.2, 0.25) is 0 Å². The summed E-state index contributed by atoms with van der Waals surface area (Å²) in [5.41, 5.74) is 5.20. The second-order valence-corrected chi connectivity index (χ2v) is 3.24. The van der Waals surface area contributed by atoms with Gasteiger partial charge in [0.2, 0.25) is 0 Å². The Bertz CT molecular complexity index is 443. The fraction of sp³-hybridized carbons (Fsp3) is 0.200. The molecule has 0 spiro atoms. The van der Waals surface area contributed by atoms with E-state index in [0.29, 0.717) is 5.56 Å². The molecule has 1 rings (SSSR count). The Morgan fingerprint density at radius 2 is 1.78 bits per heavy atom. The number of amides is 2. The Hall–Kier alpha value is -2.25. The van der Waals surface area contributed by atoms with Gasteiger partial charge in [0.15, 0.2) is 0 Å². The van der Waals surface area contributed by atoms with E-state index in [1.807, 2.05) is 0 Å². The van der Waals surface area contributed by atoms with Gasteiger partial charge in [-0.2, -0.15) is 0 Å². The molecule has 1 aromatic carbocycles. The molecular formula is C10H9F3N2O3. The molecule has 0 saturated carbocycles. The molecule has 18 heavy (non-hydrogen) atoms. The van der Waals surface area contributed by atoms with Crippen LogP contribution in [0.3, 0.4) is 0 Å². The van der Waals surface area contributed by atoms with Crippen molar-refractivity contribution in [2.75, 3.05) is 0 Å². The zero-order valence-corrected chi connectivity index (χ0v) is 8.95. The second kappa shape index (κ2) is 5.39. The van der Waals surface area contributed by atoms with Gasteiger partial charge in [-0.3, -0.25) is 9.59 Å². The Kier molecular flexibility index (Phi) is 4.13. The molecule has 0 aliphatic heterocycles. The lowest BCUT2D eigenvalue weighted by Crippen LogP contribution is -2.35. The lowest BCUT2D eigenvalue weighted by atomic mass is 10.2. The van der Waals surface area contributed by atoms with Gasteiger partial charge in [-0.05, 0) is 17.7 Å². The Labute approximate surface area is 99.7 Å². The Morgan fingerprint density at radius 1 is 1.22 bits per heavy atom. The first kappa shape index (κ1) is 13.8. The van der Waals surface area contributed by atoms with Gasteiger partial charge in [0.1, 0.15) is 5.75 Å². The lowest BCUT2D eigenvalue weighted by molar-refractivity contribution is -0.274. The van der Waals surface area contributed by atoms with E-state index in [2.05, 4.69) is 10.1 Å². The molecule has 0 saturated heterocycles. The van der Waals surface area contributed by atoms with Crippen molar-refractivity contribution in [3.8, 4) is 5.75 Å². The molecule has 0 unspecified atom stereocenters. The number of alkyl halides is 3. The largest absolute Gasteiger partial charge is 0.573 e. The molecule has 98 valence electrons. The van der Waals surface area contributed by atoms with E-state index in [1.54, 1.807) is 0 Å². The normalized spacial score (nSPS) is 10.8. The summed E-state index contributed by atoms with van der Waals surface area (Å²) >= 11 is 0. The average molecular weight is 262 g/mol. The Morgan fingerprint density at radius 3 is 2.22 bits per heavy atom. The number of ether oxygens (including phenoxy) is 1. The maximum absolute atomic E-state index is 11.9. The van der Waals surface area contributed by atoms with E-state index in [-0.39, 0.29) is 12.3 Å². The number of rotatable bonds is 3. The highest BCUT2D eigenvalue weighted by Crippen LogP contribution is 2.22. The van der Waals surface area contributed by atoms with Crippen LogP contribution in [0.25, 0.3) is 0 Å². The molecule has 0 bridgehead atoms. The van der Waals surface area contributed by atoms with Crippen molar-refractivity contribution in [2.45, 2.75) is 12.9 Å². The third-order valence-corrected chi connectivity index (χ3v) is 1.83. The molecule has 0 aromatic heterocycles. The predicted octanol–water partition coefficient (Wildman–Crippen LogP) is 0.687. The third-order valence-electron chi connectivity index (χ3n) is 1.83. The van der Waals surface area contributed by atoms with Crippen molar-refractivity contribution in [2.24, 2.45) is 5.73 Å². The molecule has 8 heteroatoms. The first-order chi connectivity index (χ1) is 8.28. The monoisotopic (exact) mass is 262 g/mol. The van der Waals surface area contributed by atoms with Crippen LogP contribution in [0.1, 0.15) is 5.56 Å². The van der Waals surface area contributed by atoms with Crippen LogP contribution in [-0.2, 0) is 16.1 Å². The highest BCUT2D eigenvalue weighted by Gasteiger charge is 2.30. The first-order valence-electron chi connectivity index (χ1n) is 4.70. The van der Waals surface area contributed by atoms with E-state index in [9.17, 15) is 22.8 Å². The molecule has 0 aliphatic rings. The van der Waals surface area contributed by atoms with E-state index >= 15 is 0 Å². The number of carbonyl (C=O) groups excluding carboxylic acids is 2. The Balaban J connectivity index is 2.56. The highest BCUT2D eigenvalue weighted by molar-refractivity contribution is 6.34. The van der Waals surface area contributed by atoms with Crippen LogP contribution in [-0.4, -0.2) is 18.2 Å². The summed E-state index contributed by atoms with van der Waals surface area (Å²) in [7, 11) is 0. The summed E-state index contributed by atoms with van der Waals surface area (Å²) < 4.78 is 39.2. The van der Waals surface area contributed by atoms with Gasteiger partial charge in [-0.15, -0.1) is 13.2 Å². The number of benzene rings is 1. The standard InChI is InChI=1S/C10H9F3N2O3/c11-10(12,13)18-7-3-1-6(2-4-7)5-15-9(17)8(14)16/h1-4H,5H2,(H2,14,16)(H,15,17). The number of nitrogens with two attached hydrogens (primary N) is 1. The minimum atomic E-state index is -4.75. The van der Waals surface area contributed by atoms with Gasteiger partial charge < -0.3 is 15.8 Å². The van der Waals surface area contributed by atoms with Gasteiger partial charge in [-0.1, -0.05) is 12.1 Å². The number of hydrogen-bond donors (Lipinski definition) is 2. The van der Waals surface area contributed by atoms with E-state index in [0.717, 1.165) is 12.1 Å². The third kappa shape index (κ3) is 4.73. The molecule has 0 aliphatic carbocycles. The zero-order chi connectivity index (χ0) is 13.8. The number of carbonyl (C=O) groups is 2. The van der Waals surface area contributed by atoms with Gasteiger partial charge in [-0.25, -0.2) is 0 Å². The van der Waals surface area contributed by atoms with Crippen molar-refractivity contribution in [1.82, 2.24) is 5.32 Å². The molecular weight excluding hydrogens is 253 g/mol. The molecule has 0 atom stereocenters. The van der Waals surface area contributed by atoms with Crippen molar-refractivity contribution >= 4 is 11.8 Å². The fourth-order valence-corrected chi connectivity index (χ4v) is 1.08. The van der Waals surface area contributed by atoms with Crippen LogP contribution in [0.5, 0.6) is 5.75 Å². The van der Waals surface area contributed by atoms with Gasteiger partial charge in [0.05, 0.1) is 0 Å². The second-order valence-electron chi connectivity index (χ2n) is 3.24. The maximum atomic E-state index is 11.9. The SMILES string of the molecule is NC(=O)C(=O)NCc1ccc(OC(F)(F)F)cc1. The molecule has 1 aromatic rings. The quantitative estimate of drug-likeness (QED) is 0.786. The fourth-order valence-electron chi connectivity index (χ4n) is 1.08. The van der Waals surface area contributed by atoms with Crippen molar-refractivity contribution in [3.05, 3.63) is 29.8 Å². The number of halogens is 3. The molecule has 5 nitrogen and oxygen atoms in total. The summed E-state index contributed by atoms with van der Waals surface area (Å²) in [6.45, 7) is -0.0198. The van der Waals surface area contributed by atoms with Crippen molar-refractivity contribution in [3.63, 3.8) is 0 Å².